The molecule has 0 aliphatic heterocycles. The molecule has 0 saturated heterocycles. The Balaban J connectivity index is 0.00000169. The fraction of sp³-hybridized carbons (Fsp3) is 0.250. The van der Waals surface area contributed by atoms with Crippen LogP contribution in [-0.4, -0.2) is 18.3 Å². The second-order valence-corrected chi connectivity index (χ2v) is 4.71. The summed E-state index contributed by atoms with van der Waals surface area (Å²) in [7, 11) is -4.30. The Kier molecular flexibility index (Phi) is 5.28. The number of rotatable bonds is 3. The van der Waals surface area contributed by atoms with E-state index >= 15 is 0 Å². The van der Waals surface area contributed by atoms with E-state index in [4.69, 9.17) is 0 Å². The molecule has 0 aromatic heterocycles. The van der Waals surface area contributed by atoms with Crippen molar-refractivity contribution in [3.05, 3.63) is 29.8 Å². The Labute approximate surface area is 91.8 Å². The molecule has 0 heterocycles. The molecule has 4 nitrogen and oxygen atoms in total. The molecule has 1 aromatic rings. The third-order valence-electron chi connectivity index (χ3n) is 1.60. The first kappa shape index (κ1) is 13.6. The van der Waals surface area contributed by atoms with E-state index in [0.29, 0.717) is 0 Å². The minimum Gasteiger partial charge on any atom is -0.744 e. The molecule has 0 spiro atoms. The fourth-order valence-electron chi connectivity index (χ4n) is 0.932. The van der Waals surface area contributed by atoms with Crippen LogP contribution in [0.1, 0.15) is 5.56 Å². The van der Waals surface area contributed by atoms with Crippen LogP contribution >= 0.6 is 15.9 Å². The fourth-order valence-corrected chi connectivity index (χ4v) is 1.86. The quantitative estimate of drug-likeness (QED) is 0.677. The van der Waals surface area contributed by atoms with Gasteiger partial charge in [-0.15, -0.1) is 0 Å². The van der Waals surface area contributed by atoms with Crippen molar-refractivity contribution in [2.75, 3.05) is 5.33 Å². The zero-order valence-corrected chi connectivity index (χ0v) is 10.1. The van der Waals surface area contributed by atoms with E-state index in [-0.39, 0.29) is 11.0 Å². The Morgan fingerprint density at radius 2 is 1.71 bits per heavy atom. The Hall–Kier alpha value is -0.430. The van der Waals surface area contributed by atoms with Crippen LogP contribution in [0.3, 0.4) is 0 Å². The van der Waals surface area contributed by atoms with Gasteiger partial charge in [0.05, 0.1) is 4.90 Å². The van der Waals surface area contributed by atoms with Crippen molar-refractivity contribution in [3.63, 3.8) is 0 Å². The lowest BCUT2D eigenvalue weighted by molar-refractivity contribution is 0.463. The van der Waals surface area contributed by atoms with Crippen LogP contribution in [-0.2, 0) is 16.5 Å². The van der Waals surface area contributed by atoms with Crippen molar-refractivity contribution >= 4 is 26.0 Å². The smallest absolute Gasteiger partial charge is 0.124 e. The van der Waals surface area contributed by atoms with Gasteiger partial charge in [0.2, 0.25) is 0 Å². The molecule has 4 N–H and O–H groups in total. The molecule has 6 heteroatoms. The maximum absolute atomic E-state index is 10.5. The first-order valence-electron chi connectivity index (χ1n) is 3.65. The summed E-state index contributed by atoms with van der Waals surface area (Å²) in [5.41, 5.74) is 1.00. The van der Waals surface area contributed by atoms with Crippen molar-refractivity contribution in [1.29, 1.82) is 0 Å². The number of hydrogen-bond donors (Lipinski definition) is 1. The minimum atomic E-state index is -4.30. The third kappa shape index (κ3) is 3.75. The first-order valence-corrected chi connectivity index (χ1v) is 6.18. The first-order chi connectivity index (χ1) is 6.04. The van der Waals surface area contributed by atoms with Gasteiger partial charge in [-0.25, -0.2) is 8.42 Å². The molecule has 0 radical (unpaired) electrons. The van der Waals surface area contributed by atoms with Gasteiger partial charge < -0.3 is 10.7 Å². The molecule has 0 atom stereocenters. The SMILES string of the molecule is O=S(=O)([O-])c1ccc(CCBr)cc1.[NH4+]. The number of benzene rings is 1. The number of halogens is 1. The van der Waals surface area contributed by atoms with E-state index in [1.54, 1.807) is 12.1 Å². The molecule has 1 rings (SSSR count). The van der Waals surface area contributed by atoms with Gasteiger partial charge >= 0.3 is 0 Å². The van der Waals surface area contributed by atoms with Gasteiger partial charge in [-0.1, -0.05) is 28.1 Å². The van der Waals surface area contributed by atoms with Crippen molar-refractivity contribution in [1.82, 2.24) is 6.15 Å². The Morgan fingerprint density at radius 1 is 1.21 bits per heavy atom. The summed E-state index contributed by atoms with van der Waals surface area (Å²) in [6.45, 7) is 0. The molecule has 0 bridgehead atoms. The van der Waals surface area contributed by atoms with Crippen molar-refractivity contribution in [2.45, 2.75) is 11.3 Å². The number of quaternary nitrogens is 1. The Morgan fingerprint density at radius 3 is 2.07 bits per heavy atom. The third-order valence-corrected chi connectivity index (χ3v) is 2.84. The lowest BCUT2D eigenvalue weighted by Gasteiger charge is -2.06. The van der Waals surface area contributed by atoms with Gasteiger partial charge in [0, 0.05) is 5.33 Å². The highest BCUT2D eigenvalue weighted by atomic mass is 79.9. The maximum atomic E-state index is 10.5. The molecule has 14 heavy (non-hydrogen) atoms. The molecule has 80 valence electrons. The molecule has 0 amide bonds. The number of hydrogen-bond acceptors (Lipinski definition) is 3. The summed E-state index contributed by atoms with van der Waals surface area (Å²) in [5.74, 6) is 0. The van der Waals surface area contributed by atoms with Gasteiger partial charge in [0.25, 0.3) is 0 Å². The molecule has 0 aliphatic rings. The maximum Gasteiger partial charge on any atom is 0.124 e. The zero-order chi connectivity index (χ0) is 9.90. The summed E-state index contributed by atoms with van der Waals surface area (Å²) in [4.78, 5) is -0.175. The average molecular weight is 282 g/mol. The minimum absolute atomic E-state index is 0. The van der Waals surface area contributed by atoms with Crippen LogP contribution in [0.15, 0.2) is 29.2 Å². The van der Waals surface area contributed by atoms with Crippen LogP contribution < -0.4 is 6.15 Å². The molecule has 0 aliphatic carbocycles. The van der Waals surface area contributed by atoms with Crippen LogP contribution in [0.4, 0.5) is 0 Å². The van der Waals surface area contributed by atoms with Crippen molar-refractivity contribution in [3.8, 4) is 0 Å². The summed E-state index contributed by atoms with van der Waals surface area (Å²) in [6, 6.07) is 5.96. The standard InChI is InChI=1S/C8H9BrO3S.H3N/c9-6-5-7-1-3-8(4-2-7)13(10,11)12;/h1-4H,5-6H2,(H,10,11,12);1H3. The monoisotopic (exact) mass is 281 g/mol. The van der Waals surface area contributed by atoms with E-state index in [1.165, 1.54) is 12.1 Å². The molecule has 1 aromatic carbocycles. The Bertz CT molecular complexity index is 374. The van der Waals surface area contributed by atoms with Crippen LogP contribution in [0, 0.1) is 0 Å². The highest BCUT2D eigenvalue weighted by Crippen LogP contribution is 2.10. The van der Waals surface area contributed by atoms with Gasteiger partial charge in [0.1, 0.15) is 10.1 Å². The average Bonchev–Trinajstić information content (AvgIpc) is 2.04. The van der Waals surface area contributed by atoms with Crippen LogP contribution in [0.5, 0.6) is 0 Å². The normalized spacial score (nSPS) is 10.7. The van der Waals surface area contributed by atoms with Crippen molar-refractivity contribution < 1.29 is 13.0 Å². The van der Waals surface area contributed by atoms with E-state index in [0.717, 1.165) is 17.3 Å². The molecule has 0 fully saturated rings. The van der Waals surface area contributed by atoms with Crippen LogP contribution in [0.2, 0.25) is 0 Å². The lowest BCUT2D eigenvalue weighted by Crippen LogP contribution is -1.98. The highest BCUT2D eigenvalue weighted by molar-refractivity contribution is 9.09. The van der Waals surface area contributed by atoms with Crippen LogP contribution in [0.25, 0.3) is 0 Å². The predicted octanol–water partition coefficient (Wildman–Crippen LogP) is 1.90. The van der Waals surface area contributed by atoms with E-state index in [2.05, 4.69) is 15.9 Å². The lowest BCUT2D eigenvalue weighted by atomic mass is 10.2. The number of aryl methyl sites for hydroxylation is 1. The van der Waals surface area contributed by atoms with E-state index in [1.807, 2.05) is 0 Å². The summed E-state index contributed by atoms with van der Waals surface area (Å²) < 4.78 is 31.6. The van der Waals surface area contributed by atoms with Gasteiger partial charge in [-0.05, 0) is 24.1 Å². The zero-order valence-electron chi connectivity index (χ0n) is 7.73. The number of alkyl halides is 1. The predicted molar refractivity (Wildman–Crippen MR) is 57.9 cm³/mol. The summed E-state index contributed by atoms with van der Waals surface area (Å²) >= 11 is 3.26. The summed E-state index contributed by atoms with van der Waals surface area (Å²) in [5, 5.41) is 0.816. The van der Waals surface area contributed by atoms with Crippen molar-refractivity contribution in [2.24, 2.45) is 0 Å². The van der Waals surface area contributed by atoms with Gasteiger partial charge in [0.15, 0.2) is 0 Å². The summed E-state index contributed by atoms with van der Waals surface area (Å²) in [6.07, 6.45) is 0.819. The molecule has 0 saturated carbocycles. The molecular weight excluding hydrogens is 270 g/mol. The van der Waals surface area contributed by atoms with Gasteiger partial charge in [-0.3, -0.25) is 0 Å². The van der Waals surface area contributed by atoms with E-state index < -0.39 is 10.1 Å². The molecular formula is C8H12BrNO3S. The highest BCUT2D eigenvalue weighted by Gasteiger charge is 1.99. The topological polar surface area (TPSA) is 93.7 Å². The van der Waals surface area contributed by atoms with Gasteiger partial charge in [-0.2, -0.15) is 0 Å². The largest absolute Gasteiger partial charge is 0.744 e. The second kappa shape index (κ2) is 5.45. The molecule has 0 unspecified atom stereocenters. The second-order valence-electron chi connectivity index (χ2n) is 2.54. The van der Waals surface area contributed by atoms with E-state index in [9.17, 15) is 13.0 Å².